The third-order valence-corrected chi connectivity index (χ3v) is 7.19. The lowest BCUT2D eigenvalue weighted by Gasteiger charge is -2.37. The van der Waals surface area contributed by atoms with Crippen LogP contribution in [0.2, 0.25) is 10.0 Å². The molecule has 9 heteroatoms. The maximum atomic E-state index is 15.6. The highest BCUT2D eigenvalue weighted by molar-refractivity contribution is 6.31. The molecule has 37 heavy (non-hydrogen) atoms. The SMILES string of the molecule is CC(C)(C)C[C@@H]1N[C@@H](C(=O)Nc2cccnc2)[C@H](c2cccc(Cl)c2F)[C@@]1(C#N)c1ccc(Cl)cc1F. The van der Waals surface area contributed by atoms with Crippen molar-refractivity contribution >= 4 is 34.8 Å². The number of pyridine rings is 1. The highest BCUT2D eigenvalue weighted by Gasteiger charge is 2.61. The molecular weight excluding hydrogens is 517 g/mol. The zero-order valence-electron chi connectivity index (χ0n) is 20.5. The van der Waals surface area contributed by atoms with Gasteiger partial charge in [0, 0.05) is 28.7 Å². The number of hydrogen-bond acceptors (Lipinski definition) is 4. The number of hydrogen-bond donors (Lipinski definition) is 2. The summed E-state index contributed by atoms with van der Waals surface area (Å²) in [5.74, 6) is -3.12. The quantitative estimate of drug-likeness (QED) is 0.379. The minimum Gasteiger partial charge on any atom is -0.323 e. The fourth-order valence-corrected chi connectivity index (χ4v) is 5.55. The van der Waals surface area contributed by atoms with E-state index in [-0.39, 0.29) is 26.6 Å². The van der Waals surface area contributed by atoms with Gasteiger partial charge >= 0.3 is 0 Å². The lowest BCUT2D eigenvalue weighted by atomic mass is 9.62. The summed E-state index contributed by atoms with van der Waals surface area (Å²) in [5, 5.41) is 16.9. The summed E-state index contributed by atoms with van der Waals surface area (Å²) in [5.41, 5.74) is -1.50. The number of rotatable bonds is 5. The van der Waals surface area contributed by atoms with Gasteiger partial charge in [0.1, 0.15) is 17.0 Å². The number of benzene rings is 2. The molecule has 192 valence electrons. The number of nitriles is 1. The molecule has 1 fully saturated rings. The molecule has 0 bridgehead atoms. The standard InChI is InChI=1S/C28H26Cl2F2N4O/c1-27(2,3)13-22-28(15-33,19-10-9-16(29)12-21(19)31)23(18-7-4-8-20(30)24(18)32)25(36-22)26(37)35-17-6-5-11-34-14-17/h4-12,14,22-23,25,36H,13H2,1-3H3,(H,35,37)/t22-,23-,25+,28-/m0/s1. The molecule has 0 radical (unpaired) electrons. The summed E-state index contributed by atoms with van der Waals surface area (Å²) in [6.45, 7) is 5.94. The van der Waals surface area contributed by atoms with Crippen molar-refractivity contribution < 1.29 is 13.6 Å². The summed E-state index contributed by atoms with van der Waals surface area (Å²) in [6, 6.07) is 12.3. The molecule has 1 aliphatic heterocycles. The first-order valence-corrected chi connectivity index (χ1v) is 12.5. The number of nitrogens with one attached hydrogen (secondary N) is 2. The molecule has 2 N–H and O–H groups in total. The highest BCUT2D eigenvalue weighted by atomic mass is 35.5. The number of amides is 1. The number of aromatic nitrogens is 1. The van der Waals surface area contributed by atoms with Crippen LogP contribution in [0.25, 0.3) is 0 Å². The average Bonchev–Trinajstić information content (AvgIpc) is 3.14. The Labute approximate surface area is 224 Å². The van der Waals surface area contributed by atoms with Crippen LogP contribution in [0.15, 0.2) is 60.9 Å². The van der Waals surface area contributed by atoms with E-state index < -0.39 is 41.0 Å². The van der Waals surface area contributed by atoms with Gasteiger partial charge in [0.25, 0.3) is 0 Å². The van der Waals surface area contributed by atoms with Crippen LogP contribution >= 0.6 is 23.2 Å². The number of carbonyl (C=O) groups excluding carboxylic acids is 1. The molecule has 1 aromatic heterocycles. The van der Waals surface area contributed by atoms with Gasteiger partial charge in [-0.05, 0) is 47.7 Å². The third-order valence-electron chi connectivity index (χ3n) is 6.66. The normalized spacial score (nSPS) is 23.5. The van der Waals surface area contributed by atoms with Crippen LogP contribution in [0.3, 0.4) is 0 Å². The number of halogens is 4. The first kappa shape index (κ1) is 27.0. The molecular formula is C28H26Cl2F2N4O. The molecule has 5 nitrogen and oxygen atoms in total. The molecule has 1 amide bonds. The lowest BCUT2D eigenvalue weighted by molar-refractivity contribution is -0.118. The molecule has 0 aliphatic carbocycles. The van der Waals surface area contributed by atoms with E-state index in [9.17, 15) is 10.1 Å². The minimum atomic E-state index is -1.68. The van der Waals surface area contributed by atoms with Crippen LogP contribution in [0.4, 0.5) is 14.5 Å². The Bertz CT molecular complexity index is 1360. The molecule has 1 aliphatic rings. The molecule has 0 saturated carbocycles. The second-order valence-electron chi connectivity index (χ2n) is 10.4. The maximum absolute atomic E-state index is 15.6. The molecule has 0 unspecified atom stereocenters. The molecule has 3 aromatic rings. The van der Waals surface area contributed by atoms with Crippen molar-refractivity contribution in [2.24, 2.45) is 5.41 Å². The first-order valence-electron chi connectivity index (χ1n) is 11.8. The Kier molecular flexibility index (Phi) is 7.57. The van der Waals surface area contributed by atoms with E-state index in [1.807, 2.05) is 20.8 Å². The predicted molar refractivity (Wildman–Crippen MR) is 141 cm³/mol. The van der Waals surface area contributed by atoms with Crippen LogP contribution in [-0.4, -0.2) is 23.0 Å². The van der Waals surface area contributed by atoms with Crippen LogP contribution in [0, 0.1) is 28.4 Å². The summed E-state index contributed by atoms with van der Waals surface area (Å²) >= 11 is 12.2. The van der Waals surface area contributed by atoms with E-state index in [2.05, 4.69) is 21.7 Å². The second-order valence-corrected chi connectivity index (χ2v) is 11.3. The van der Waals surface area contributed by atoms with Crippen LogP contribution in [-0.2, 0) is 10.2 Å². The van der Waals surface area contributed by atoms with Crippen molar-refractivity contribution in [2.75, 3.05) is 5.32 Å². The summed E-state index contributed by atoms with van der Waals surface area (Å²) in [7, 11) is 0. The van der Waals surface area contributed by atoms with Gasteiger partial charge in [-0.2, -0.15) is 5.26 Å². The van der Waals surface area contributed by atoms with Gasteiger partial charge in [-0.25, -0.2) is 8.78 Å². The molecule has 4 rings (SSSR count). The monoisotopic (exact) mass is 542 g/mol. The zero-order valence-corrected chi connectivity index (χ0v) is 22.0. The smallest absolute Gasteiger partial charge is 0.242 e. The van der Waals surface area contributed by atoms with Crippen molar-refractivity contribution in [3.63, 3.8) is 0 Å². The second kappa shape index (κ2) is 10.4. The van der Waals surface area contributed by atoms with Crippen molar-refractivity contribution in [1.29, 1.82) is 5.26 Å². The molecule has 2 aromatic carbocycles. The summed E-state index contributed by atoms with van der Waals surface area (Å²) in [6.07, 6.45) is 3.43. The van der Waals surface area contributed by atoms with Crippen LogP contribution < -0.4 is 10.6 Å². The summed E-state index contributed by atoms with van der Waals surface area (Å²) in [4.78, 5) is 17.7. The molecule has 0 spiro atoms. The average molecular weight is 543 g/mol. The van der Waals surface area contributed by atoms with Gasteiger partial charge in [-0.1, -0.05) is 62.2 Å². The van der Waals surface area contributed by atoms with Gasteiger partial charge in [0.2, 0.25) is 5.91 Å². The van der Waals surface area contributed by atoms with Crippen LogP contribution in [0.5, 0.6) is 0 Å². The fraction of sp³-hybridized carbons (Fsp3) is 0.321. The Morgan fingerprint density at radius 2 is 1.95 bits per heavy atom. The van der Waals surface area contributed by atoms with Gasteiger partial charge in [0.15, 0.2) is 0 Å². The van der Waals surface area contributed by atoms with Gasteiger partial charge in [-0.3, -0.25) is 9.78 Å². The molecule has 4 atom stereocenters. The Balaban J connectivity index is 1.98. The minimum absolute atomic E-state index is 0.0298. The van der Waals surface area contributed by atoms with E-state index in [4.69, 9.17) is 23.2 Å². The van der Waals surface area contributed by atoms with Gasteiger partial charge in [-0.15, -0.1) is 0 Å². The molecule has 2 heterocycles. The zero-order chi connectivity index (χ0) is 27.0. The maximum Gasteiger partial charge on any atom is 0.242 e. The van der Waals surface area contributed by atoms with Gasteiger partial charge < -0.3 is 10.6 Å². The van der Waals surface area contributed by atoms with Crippen molar-refractivity contribution in [3.8, 4) is 6.07 Å². The van der Waals surface area contributed by atoms with E-state index in [0.717, 1.165) is 6.07 Å². The number of anilines is 1. The van der Waals surface area contributed by atoms with Gasteiger partial charge in [0.05, 0.1) is 29.0 Å². The van der Waals surface area contributed by atoms with E-state index in [1.54, 1.807) is 24.4 Å². The Morgan fingerprint density at radius 1 is 1.19 bits per heavy atom. The fourth-order valence-electron chi connectivity index (χ4n) is 5.21. The number of nitrogens with zero attached hydrogens (tertiary/aromatic N) is 2. The third kappa shape index (κ3) is 5.19. The van der Waals surface area contributed by atoms with Crippen molar-refractivity contribution in [1.82, 2.24) is 10.3 Å². The topological polar surface area (TPSA) is 77.8 Å². The largest absolute Gasteiger partial charge is 0.323 e. The van der Waals surface area contributed by atoms with Crippen molar-refractivity contribution in [3.05, 3.63) is 93.7 Å². The number of carbonyl (C=O) groups is 1. The Hall–Kier alpha value is -3.05. The van der Waals surface area contributed by atoms with E-state index >= 15 is 8.78 Å². The van der Waals surface area contributed by atoms with Crippen LogP contribution in [0.1, 0.15) is 44.2 Å². The highest BCUT2D eigenvalue weighted by Crippen LogP contribution is 2.52. The molecule has 1 saturated heterocycles. The summed E-state index contributed by atoms with van der Waals surface area (Å²) < 4.78 is 31.2. The van der Waals surface area contributed by atoms with E-state index in [1.165, 1.54) is 30.5 Å². The lowest BCUT2D eigenvalue weighted by Crippen LogP contribution is -2.45. The van der Waals surface area contributed by atoms with Crippen molar-refractivity contribution in [2.45, 2.75) is 50.6 Å². The predicted octanol–water partition coefficient (Wildman–Crippen LogP) is 6.63. The van der Waals surface area contributed by atoms with E-state index in [0.29, 0.717) is 12.1 Å². The Morgan fingerprint density at radius 3 is 2.57 bits per heavy atom. The first-order chi connectivity index (χ1) is 17.5.